The average Bonchev–Trinajstić information content (AvgIpc) is 2.90. The van der Waals surface area contributed by atoms with Crippen molar-refractivity contribution in [3.63, 3.8) is 0 Å². The Hall–Kier alpha value is -0.570. The van der Waals surface area contributed by atoms with Gasteiger partial charge in [-0.05, 0) is 30.0 Å². The number of hydrogen-bond acceptors (Lipinski definition) is 2. The van der Waals surface area contributed by atoms with Crippen LogP contribution >= 0.6 is 11.6 Å². The lowest BCUT2D eigenvalue weighted by Crippen LogP contribution is -2.36. The van der Waals surface area contributed by atoms with Crippen LogP contribution < -0.4 is 0 Å². The third-order valence-electron chi connectivity index (χ3n) is 4.22. The lowest BCUT2D eigenvalue weighted by Gasteiger charge is -2.33. The van der Waals surface area contributed by atoms with Crippen molar-refractivity contribution in [1.82, 2.24) is 0 Å². The van der Waals surface area contributed by atoms with Crippen molar-refractivity contribution >= 4 is 11.6 Å². The molecule has 2 N–H and O–H groups in total. The summed E-state index contributed by atoms with van der Waals surface area (Å²) in [5.74, 6) is 0.625. The summed E-state index contributed by atoms with van der Waals surface area (Å²) in [6.07, 6.45) is 5.85. The third kappa shape index (κ3) is 2.87. The number of rotatable bonds is 5. The maximum atomic E-state index is 9.77. The number of aliphatic hydroxyl groups is 2. The van der Waals surface area contributed by atoms with Crippen LogP contribution in [0.4, 0.5) is 0 Å². The van der Waals surface area contributed by atoms with E-state index in [1.54, 1.807) is 0 Å². The predicted octanol–water partition coefficient (Wildman–Crippen LogP) is 3.14. The Kier molecular flexibility index (Phi) is 4.66. The summed E-state index contributed by atoms with van der Waals surface area (Å²) in [4.78, 5) is 0. The minimum absolute atomic E-state index is 0.0123. The summed E-state index contributed by atoms with van der Waals surface area (Å²) >= 11 is 5.89. The van der Waals surface area contributed by atoms with E-state index in [9.17, 15) is 10.2 Å². The number of aliphatic hydroxyl groups excluding tert-OH is 2. The Morgan fingerprint density at radius 3 is 2.11 bits per heavy atom. The molecule has 0 atom stereocenters. The van der Waals surface area contributed by atoms with E-state index < -0.39 is 5.41 Å². The fourth-order valence-electron chi connectivity index (χ4n) is 3.05. The van der Waals surface area contributed by atoms with Crippen molar-refractivity contribution < 1.29 is 10.2 Å². The fraction of sp³-hybridized carbons (Fsp3) is 0.600. The monoisotopic (exact) mass is 268 g/mol. The number of halogens is 1. The maximum absolute atomic E-state index is 9.77. The lowest BCUT2D eigenvalue weighted by atomic mass is 9.74. The first-order valence-corrected chi connectivity index (χ1v) is 7.06. The summed E-state index contributed by atoms with van der Waals surface area (Å²) < 4.78 is 0. The van der Waals surface area contributed by atoms with Gasteiger partial charge in [0.2, 0.25) is 0 Å². The molecule has 0 bridgehead atoms. The zero-order valence-corrected chi connectivity index (χ0v) is 11.4. The van der Waals surface area contributed by atoms with E-state index in [-0.39, 0.29) is 13.2 Å². The van der Waals surface area contributed by atoms with Crippen molar-refractivity contribution in [2.75, 3.05) is 13.2 Å². The smallest absolute Gasteiger partial charge is 0.0550 e. The van der Waals surface area contributed by atoms with Gasteiger partial charge in [0.05, 0.1) is 13.2 Å². The van der Waals surface area contributed by atoms with Gasteiger partial charge in [0.15, 0.2) is 0 Å². The van der Waals surface area contributed by atoms with Gasteiger partial charge in [-0.3, -0.25) is 0 Å². The van der Waals surface area contributed by atoms with Crippen LogP contribution in [0.1, 0.15) is 37.7 Å². The first kappa shape index (κ1) is 13.9. The molecule has 1 saturated carbocycles. The van der Waals surface area contributed by atoms with Crippen molar-refractivity contribution in [3.05, 3.63) is 34.9 Å². The molecule has 0 aromatic heterocycles. The molecular weight excluding hydrogens is 248 g/mol. The highest BCUT2D eigenvalue weighted by Crippen LogP contribution is 2.38. The molecule has 0 unspecified atom stereocenters. The van der Waals surface area contributed by atoms with E-state index >= 15 is 0 Å². The van der Waals surface area contributed by atoms with Gasteiger partial charge in [0, 0.05) is 10.4 Å². The molecule has 100 valence electrons. The molecular formula is C15H21ClO2. The third-order valence-corrected chi connectivity index (χ3v) is 4.47. The topological polar surface area (TPSA) is 40.5 Å². The first-order valence-electron chi connectivity index (χ1n) is 6.68. The van der Waals surface area contributed by atoms with Crippen LogP contribution in [-0.4, -0.2) is 23.4 Å². The van der Waals surface area contributed by atoms with E-state index in [2.05, 4.69) is 0 Å². The lowest BCUT2D eigenvalue weighted by molar-refractivity contribution is 0.0955. The Morgan fingerprint density at radius 2 is 1.61 bits per heavy atom. The van der Waals surface area contributed by atoms with Crippen LogP contribution in [0, 0.1) is 5.92 Å². The Bertz CT molecular complexity index is 365. The molecule has 1 aromatic carbocycles. The molecule has 1 fully saturated rings. The number of hydrogen-bond donors (Lipinski definition) is 2. The molecule has 3 heteroatoms. The molecule has 1 aliphatic carbocycles. The van der Waals surface area contributed by atoms with Crippen LogP contribution in [0.25, 0.3) is 0 Å². The zero-order valence-electron chi connectivity index (χ0n) is 10.6. The van der Waals surface area contributed by atoms with Gasteiger partial charge in [0.1, 0.15) is 0 Å². The molecule has 0 spiro atoms. The molecule has 2 nitrogen and oxygen atoms in total. The Morgan fingerprint density at radius 1 is 1.06 bits per heavy atom. The van der Waals surface area contributed by atoms with Crippen molar-refractivity contribution in [1.29, 1.82) is 0 Å². The maximum Gasteiger partial charge on any atom is 0.0550 e. The van der Waals surface area contributed by atoms with Gasteiger partial charge in [-0.1, -0.05) is 49.4 Å². The molecule has 0 amide bonds. The largest absolute Gasteiger partial charge is 0.395 e. The molecule has 0 aliphatic heterocycles. The van der Waals surface area contributed by atoms with E-state index in [0.717, 1.165) is 12.0 Å². The minimum Gasteiger partial charge on any atom is -0.395 e. The van der Waals surface area contributed by atoms with Gasteiger partial charge < -0.3 is 10.2 Å². The second-order valence-corrected chi connectivity index (χ2v) is 5.89. The average molecular weight is 269 g/mol. The molecule has 2 rings (SSSR count). The first-order chi connectivity index (χ1) is 8.70. The molecule has 1 aliphatic rings. The highest BCUT2D eigenvalue weighted by atomic mass is 35.5. The minimum atomic E-state index is -0.514. The molecule has 0 heterocycles. The predicted molar refractivity (Wildman–Crippen MR) is 73.9 cm³/mol. The summed E-state index contributed by atoms with van der Waals surface area (Å²) in [5.41, 5.74) is 0.475. The second-order valence-electron chi connectivity index (χ2n) is 5.46. The normalized spacial score (nSPS) is 17.3. The van der Waals surface area contributed by atoms with Gasteiger partial charge in [-0.25, -0.2) is 0 Å². The fourth-order valence-corrected chi connectivity index (χ4v) is 3.18. The molecule has 0 saturated heterocycles. The summed E-state index contributed by atoms with van der Waals surface area (Å²) in [7, 11) is 0. The van der Waals surface area contributed by atoms with Gasteiger partial charge >= 0.3 is 0 Å². The van der Waals surface area contributed by atoms with Crippen LogP contribution in [-0.2, 0) is 5.41 Å². The zero-order chi connectivity index (χ0) is 13.0. The Balaban J connectivity index is 2.21. The highest BCUT2D eigenvalue weighted by Gasteiger charge is 2.34. The standard InChI is InChI=1S/C15H21ClO2/c16-14-7-5-13(6-8-14)15(10-17,11-18)9-12-3-1-2-4-12/h5-8,12,17-18H,1-4,9-11H2. The molecule has 0 radical (unpaired) electrons. The molecule has 18 heavy (non-hydrogen) atoms. The Labute approximate surface area is 114 Å². The summed E-state index contributed by atoms with van der Waals surface area (Å²) in [6, 6.07) is 7.49. The van der Waals surface area contributed by atoms with E-state index in [0.29, 0.717) is 10.9 Å². The summed E-state index contributed by atoms with van der Waals surface area (Å²) in [6.45, 7) is -0.0245. The van der Waals surface area contributed by atoms with E-state index in [4.69, 9.17) is 11.6 Å². The van der Waals surface area contributed by atoms with Crippen molar-refractivity contribution in [2.24, 2.45) is 5.92 Å². The second kappa shape index (κ2) is 6.05. The van der Waals surface area contributed by atoms with Gasteiger partial charge in [-0.2, -0.15) is 0 Å². The van der Waals surface area contributed by atoms with Gasteiger partial charge in [-0.15, -0.1) is 0 Å². The van der Waals surface area contributed by atoms with Crippen LogP contribution in [0.5, 0.6) is 0 Å². The van der Waals surface area contributed by atoms with Crippen molar-refractivity contribution in [3.8, 4) is 0 Å². The van der Waals surface area contributed by atoms with Crippen LogP contribution in [0.3, 0.4) is 0 Å². The van der Waals surface area contributed by atoms with Crippen LogP contribution in [0.15, 0.2) is 24.3 Å². The van der Waals surface area contributed by atoms with Gasteiger partial charge in [0.25, 0.3) is 0 Å². The summed E-state index contributed by atoms with van der Waals surface area (Å²) in [5, 5.41) is 20.2. The van der Waals surface area contributed by atoms with E-state index in [1.807, 2.05) is 24.3 Å². The quantitative estimate of drug-likeness (QED) is 0.861. The SMILES string of the molecule is OCC(CO)(CC1CCCC1)c1ccc(Cl)cc1. The number of benzene rings is 1. The van der Waals surface area contributed by atoms with E-state index in [1.165, 1.54) is 25.7 Å². The highest BCUT2D eigenvalue weighted by molar-refractivity contribution is 6.30. The molecule has 1 aromatic rings. The van der Waals surface area contributed by atoms with Crippen molar-refractivity contribution in [2.45, 2.75) is 37.5 Å². The van der Waals surface area contributed by atoms with Crippen LogP contribution in [0.2, 0.25) is 5.02 Å².